The van der Waals surface area contributed by atoms with E-state index in [0.29, 0.717) is 0 Å². The van der Waals surface area contributed by atoms with Crippen LogP contribution in [0.4, 0.5) is 0 Å². The summed E-state index contributed by atoms with van der Waals surface area (Å²) in [7, 11) is 2.02. The fraction of sp³-hybridized carbons (Fsp3) is 0.913. The molecule has 0 unspecified atom stereocenters. The predicted octanol–water partition coefficient (Wildman–Crippen LogP) is 4.85. The first-order chi connectivity index (χ1) is 11.7. The van der Waals surface area contributed by atoms with Gasteiger partial charge in [-0.05, 0) is 68.4 Å². The number of nitrogens with zero attached hydrogens (tertiary/aromatic N) is 1. The average molecular weight is 383 g/mol. The Labute approximate surface area is 168 Å². The van der Waals surface area contributed by atoms with Gasteiger partial charge in [0.1, 0.15) is 0 Å². The molecule has 0 heterocycles. The van der Waals surface area contributed by atoms with Crippen LogP contribution in [0.25, 0.3) is 0 Å². The lowest BCUT2D eigenvalue weighted by molar-refractivity contribution is -0.134. The van der Waals surface area contributed by atoms with Crippen LogP contribution < -0.4 is 5.32 Å². The molecule has 0 aromatic rings. The number of carbonyl (C=O) groups is 2. The molecule has 4 nitrogen and oxygen atoms in total. The fourth-order valence-corrected chi connectivity index (χ4v) is 3.55. The zero-order chi connectivity index (χ0) is 22.0. The smallest absolute Gasteiger partial charge is 0.155 e. The molecule has 0 saturated heterocycles. The standard InChI is InChI=1S/C23H46N2O2/c1-16(24-21(6,7)8)18(26)22(9,10)14-15-23(11,12)25(13)17(2)19(27)20(3,4)5/h16-17,24H,14-15H2,1-13H3/t16-,17-/m0/s1. The first-order valence-corrected chi connectivity index (χ1v) is 10.3. The maximum absolute atomic E-state index is 13.0. The van der Waals surface area contributed by atoms with E-state index in [1.807, 2.05) is 55.5 Å². The van der Waals surface area contributed by atoms with Crippen molar-refractivity contribution in [2.45, 2.75) is 119 Å². The third kappa shape index (κ3) is 8.03. The van der Waals surface area contributed by atoms with Crippen LogP contribution in [-0.2, 0) is 9.59 Å². The number of likely N-dealkylation sites (N-methyl/N-ethyl adjacent to an activating group) is 1. The van der Waals surface area contributed by atoms with Crippen LogP contribution in [0.2, 0.25) is 0 Å². The van der Waals surface area contributed by atoms with E-state index in [1.54, 1.807) is 0 Å². The van der Waals surface area contributed by atoms with Crippen LogP contribution in [0.5, 0.6) is 0 Å². The van der Waals surface area contributed by atoms with Gasteiger partial charge in [-0.3, -0.25) is 14.5 Å². The molecule has 2 atom stereocenters. The molecule has 0 aliphatic heterocycles. The fourth-order valence-electron chi connectivity index (χ4n) is 3.55. The number of ketones is 2. The predicted molar refractivity (Wildman–Crippen MR) is 116 cm³/mol. The monoisotopic (exact) mass is 382 g/mol. The lowest BCUT2D eigenvalue weighted by atomic mass is 9.76. The molecule has 0 saturated carbocycles. The molecular weight excluding hydrogens is 336 g/mol. The number of rotatable bonds is 9. The molecule has 0 radical (unpaired) electrons. The number of hydrogen-bond acceptors (Lipinski definition) is 4. The highest BCUT2D eigenvalue weighted by Crippen LogP contribution is 2.33. The molecule has 0 aromatic carbocycles. The Kier molecular flexibility index (Phi) is 8.49. The SMILES string of the molecule is C[C@H](NC(C)(C)C)C(=O)C(C)(C)CCC(C)(C)N(C)[C@@H](C)C(=O)C(C)(C)C. The molecule has 0 aliphatic rings. The van der Waals surface area contributed by atoms with E-state index in [4.69, 9.17) is 0 Å². The van der Waals surface area contributed by atoms with Crippen molar-refractivity contribution in [1.82, 2.24) is 10.2 Å². The Hall–Kier alpha value is -0.740. The topological polar surface area (TPSA) is 49.4 Å². The van der Waals surface area contributed by atoms with Gasteiger partial charge in [-0.15, -0.1) is 0 Å². The molecule has 0 fully saturated rings. The van der Waals surface area contributed by atoms with E-state index < -0.39 is 5.41 Å². The Bertz CT molecular complexity index is 521. The highest BCUT2D eigenvalue weighted by Gasteiger charge is 2.38. The van der Waals surface area contributed by atoms with Crippen LogP contribution >= 0.6 is 0 Å². The van der Waals surface area contributed by atoms with Crippen LogP contribution in [0.15, 0.2) is 0 Å². The highest BCUT2D eigenvalue weighted by atomic mass is 16.1. The van der Waals surface area contributed by atoms with Gasteiger partial charge >= 0.3 is 0 Å². The summed E-state index contributed by atoms with van der Waals surface area (Å²) in [5.41, 5.74) is -1.02. The van der Waals surface area contributed by atoms with Crippen molar-refractivity contribution in [2.24, 2.45) is 10.8 Å². The maximum atomic E-state index is 13.0. The van der Waals surface area contributed by atoms with Gasteiger partial charge in [-0.2, -0.15) is 0 Å². The van der Waals surface area contributed by atoms with Gasteiger partial charge in [0, 0.05) is 21.9 Å². The van der Waals surface area contributed by atoms with Crippen LogP contribution in [0, 0.1) is 10.8 Å². The lowest BCUT2D eigenvalue weighted by Crippen LogP contribution is -2.53. The summed E-state index contributed by atoms with van der Waals surface area (Å²) in [6.45, 7) is 24.5. The summed E-state index contributed by atoms with van der Waals surface area (Å²) in [5, 5.41) is 3.39. The first-order valence-electron chi connectivity index (χ1n) is 10.3. The number of Topliss-reactive ketones (excluding diaryl/α,β-unsaturated/α-hetero) is 2. The van der Waals surface area contributed by atoms with Crippen molar-refractivity contribution in [2.75, 3.05) is 7.05 Å². The van der Waals surface area contributed by atoms with Gasteiger partial charge in [0.15, 0.2) is 11.6 Å². The third-order valence-electron chi connectivity index (χ3n) is 5.73. The molecule has 4 heteroatoms. The van der Waals surface area contributed by atoms with Gasteiger partial charge in [0.2, 0.25) is 0 Å². The highest BCUT2D eigenvalue weighted by molar-refractivity contribution is 5.89. The van der Waals surface area contributed by atoms with Crippen molar-refractivity contribution in [3.05, 3.63) is 0 Å². The lowest BCUT2D eigenvalue weighted by Gasteiger charge is -2.42. The largest absolute Gasteiger partial charge is 0.303 e. The quantitative estimate of drug-likeness (QED) is 0.619. The van der Waals surface area contributed by atoms with Gasteiger partial charge in [-0.25, -0.2) is 0 Å². The van der Waals surface area contributed by atoms with Crippen molar-refractivity contribution in [3.63, 3.8) is 0 Å². The minimum atomic E-state index is -0.410. The molecular formula is C23H46N2O2. The third-order valence-corrected chi connectivity index (χ3v) is 5.73. The summed E-state index contributed by atoms with van der Waals surface area (Å²) >= 11 is 0. The minimum Gasteiger partial charge on any atom is -0.303 e. The first kappa shape index (κ1) is 26.3. The Balaban J connectivity index is 5.09. The zero-order valence-electron chi connectivity index (χ0n) is 20.3. The second-order valence-corrected chi connectivity index (χ2v) is 11.6. The van der Waals surface area contributed by atoms with Gasteiger partial charge < -0.3 is 5.32 Å². The molecule has 160 valence electrons. The summed E-state index contributed by atoms with van der Waals surface area (Å²) in [6, 6.07) is -0.331. The Morgan fingerprint density at radius 1 is 0.815 bits per heavy atom. The Morgan fingerprint density at radius 3 is 1.63 bits per heavy atom. The van der Waals surface area contributed by atoms with E-state index in [-0.39, 0.29) is 40.1 Å². The van der Waals surface area contributed by atoms with E-state index in [2.05, 4.69) is 44.8 Å². The molecule has 0 aliphatic carbocycles. The molecule has 0 bridgehead atoms. The van der Waals surface area contributed by atoms with Crippen LogP contribution in [0.3, 0.4) is 0 Å². The zero-order valence-corrected chi connectivity index (χ0v) is 20.3. The molecule has 0 amide bonds. The van der Waals surface area contributed by atoms with E-state index in [9.17, 15) is 9.59 Å². The van der Waals surface area contributed by atoms with Gasteiger partial charge in [0.25, 0.3) is 0 Å². The summed E-state index contributed by atoms with van der Waals surface area (Å²) in [6.07, 6.45) is 1.64. The molecule has 0 rings (SSSR count). The normalized spacial score (nSPS) is 16.4. The van der Waals surface area contributed by atoms with E-state index >= 15 is 0 Å². The summed E-state index contributed by atoms with van der Waals surface area (Å²) in [4.78, 5) is 27.8. The van der Waals surface area contributed by atoms with Crippen molar-refractivity contribution < 1.29 is 9.59 Å². The molecule has 1 N–H and O–H groups in total. The molecule has 27 heavy (non-hydrogen) atoms. The van der Waals surface area contributed by atoms with Crippen molar-refractivity contribution in [3.8, 4) is 0 Å². The van der Waals surface area contributed by atoms with E-state index in [0.717, 1.165) is 12.8 Å². The Morgan fingerprint density at radius 2 is 1.26 bits per heavy atom. The molecule has 0 aromatic heterocycles. The van der Waals surface area contributed by atoms with E-state index in [1.165, 1.54) is 0 Å². The second kappa shape index (κ2) is 8.73. The van der Waals surface area contributed by atoms with Gasteiger partial charge in [-0.1, -0.05) is 34.6 Å². The summed E-state index contributed by atoms with van der Waals surface area (Å²) < 4.78 is 0. The number of nitrogens with one attached hydrogen (secondary N) is 1. The maximum Gasteiger partial charge on any atom is 0.155 e. The van der Waals surface area contributed by atoms with Crippen molar-refractivity contribution >= 4 is 11.6 Å². The minimum absolute atomic E-state index is 0.0899. The van der Waals surface area contributed by atoms with Crippen LogP contribution in [-0.4, -0.2) is 46.7 Å². The molecule has 0 spiro atoms. The summed E-state index contributed by atoms with van der Waals surface area (Å²) in [5.74, 6) is 0.492. The van der Waals surface area contributed by atoms with Crippen molar-refractivity contribution in [1.29, 1.82) is 0 Å². The second-order valence-electron chi connectivity index (χ2n) is 11.6. The van der Waals surface area contributed by atoms with Crippen LogP contribution in [0.1, 0.15) is 95.9 Å². The average Bonchev–Trinajstić information content (AvgIpc) is 2.47. The van der Waals surface area contributed by atoms with Gasteiger partial charge in [0.05, 0.1) is 12.1 Å². The number of hydrogen-bond donors (Lipinski definition) is 1. The number of carbonyl (C=O) groups excluding carboxylic acids is 2.